The highest BCUT2D eigenvalue weighted by Crippen LogP contribution is 2.05. The van der Waals surface area contributed by atoms with E-state index in [9.17, 15) is 0 Å². The summed E-state index contributed by atoms with van der Waals surface area (Å²) in [6.07, 6.45) is 13.8. The molecule has 0 unspecified atom stereocenters. The van der Waals surface area contributed by atoms with Gasteiger partial charge in [0.2, 0.25) is 12.2 Å². The summed E-state index contributed by atoms with van der Waals surface area (Å²) in [5, 5.41) is 18.7. The fourth-order valence-corrected chi connectivity index (χ4v) is 3.40. The second-order valence-electron chi connectivity index (χ2n) is 7.53. The average Bonchev–Trinajstić information content (AvgIpc) is 2.78. The first-order valence-electron chi connectivity index (χ1n) is 11.3. The SMILES string of the molecule is N#C/N=C(\NCCCCCCCCNCCCN1CCOCC1)Nc1ccncc1. The highest BCUT2D eigenvalue weighted by Gasteiger charge is 2.08. The van der Waals surface area contributed by atoms with Crippen LogP contribution in [0.1, 0.15) is 44.9 Å². The maximum absolute atomic E-state index is 8.82. The number of rotatable bonds is 14. The summed E-state index contributed by atoms with van der Waals surface area (Å²) >= 11 is 0. The van der Waals surface area contributed by atoms with Gasteiger partial charge < -0.3 is 20.7 Å². The molecule has 1 aromatic heterocycles. The molecule has 1 aromatic rings. The predicted molar refractivity (Wildman–Crippen MR) is 121 cm³/mol. The molecular formula is C22H37N7O. The monoisotopic (exact) mass is 415 g/mol. The van der Waals surface area contributed by atoms with E-state index in [0.717, 1.165) is 58.0 Å². The Morgan fingerprint density at radius 1 is 1.00 bits per heavy atom. The topological polar surface area (TPSA) is 97.6 Å². The number of unbranched alkanes of at least 4 members (excludes halogenated alkanes) is 5. The van der Waals surface area contributed by atoms with Crippen molar-refractivity contribution in [2.75, 3.05) is 57.8 Å². The number of hydrogen-bond donors (Lipinski definition) is 3. The van der Waals surface area contributed by atoms with Gasteiger partial charge in [-0.05, 0) is 51.0 Å². The van der Waals surface area contributed by atoms with Gasteiger partial charge in [-0.25, -0.2) is 0 Å². The zero-order valence-electron chi connectivity index (χ0n) is 18.1. The van der Waals surface area contributed by atoms with Crippen LogP contribution in [-0.2, 0) is 4.74 Å². The number of aromatic nitrogens is 1. The molecule has 2 heterocycles. The molecule has 2 rings (SSSR count). The number of guanidine groups is 1. The van der Waals surface area contributed by atoms with E-state index in [-0.39, 0.29) is 0 Å². The molecular weight excluding hydrogens is 378 g/mol. The average molecular weight is 416 g/mol. The van der Waals surface area contributed by atoms with Crippen LogP contribution < -0.4 is 16.0 Å². The first kappa shape index (κ1) is 24.1. The van der Waals surface area contributed by atoms with Crippen molar-refractivity contribution < 1.29 is 4.74 Å². The quantitative estimate of drug-likeness (QED) is 0.186. The van der Waals surface area contributed by atoms with Crippen molar-refractivity contribution in [2.24, 2.45) is 4.99 Å². The zero-order chi connectivity index (χ0) is 21.1. The molecule has 0 aromatic carbocycles. The minimum atomic E-state index is 0.489. The first-order chi connectivity index (χ1) is 14.9. The fourth-order valence-electron chi connectivity index (χ4n) is 3.40. The molecule has 3 N–H and O–H groups in total. The molecule has 0 radical (unpaired) electrons. The predicted octanol–water partition coefficient (Wildman–Crippen LogP) is 2.57. The summed E-state index contributed by atoms with van der Waals surface area (Å²) in [6.45, 7) is 8.18. The fraction of sp³-hybridized carbons (Fsp3) is 0.682. The number of hydrogen-bond acceptors (Lipinski definition) is 6. The lowest BCUT2D eigenvalue weighted by atomic mass is 10.1. The summed E-state index contributed by atoms with van der Waals surface area (Å²) in [6, 6.07) is 3.68. The van der Waals surface area contributed by atoms with Crippen molar-refractivity contribution in [3.8, 4) is 6.19 Å². The zero-order valence-corrected chi connectivity index (χ0v) is 18.1. The number of nitriles is 1. The summed E-state index contributed by atoms with van der Waals surface area (Å²) in [5.74, 6) is 0.489. The Balaban J connectivity index is 1.36. The maximum atomic E-state index is 8.82. The van der Waals surface area contributed by atoms with Crippen LogP contribution in [-0.4, -0.2) is 68.3 Å². The number of aliphatic imine (C=N–C) groups is 1. The third-order valence-electron chi connectivity index (χ3n) is 5.11. The molecule has 30 heavy (non-hydrogen) atoms. The van der Waals surface area contributed by atoms with Crippen LogP contribution >= 0.6 is 0 Å². The molecule has 8 heteroatoms. The van der Waals surface area contributed by atoms with Crippen LogP contribution in [0.2, 0.25) is 0 Å². The Labute approximate surface area is 181 Å². The van der Waals surface area contributed by atoms with Gasteiger partial charge in [-0.1, -0.05) is 25.7 Å². The van der Waals surface area contributed by atoms with Crippen LogP contribution in [0.4, 0.5) is 5.69 Å². The highest BCUT2D eigenvalue weighted by molar-refractivity contribution is 5.94. The molecule has 0 amide bonds. The van der Waals surface area contributed by atoms with Gasteiger partial charge in [0.1, 0.15) is 0 Å². The van der Waals surface area contributed by atoms with E-state index in [0.29, 0.717) is 5.96 Å². The van der Waals surface area contributed by atoms with Gasteiger partial charge in [0.05, 0.1) is 13.2 Å². The Morgan fingerprint density at radius 3 is 2.40 bits per heavy atom. The Bertz CT molecular complexity index is 612. The van der Waals surface area contributed by atoms with Crippen molar-refractivity contribution in [3.05, 3.63) is 24.5 Å². The number of morpholine rings is 1. The van der Waals surface area contributed by atoms with Gasteiger partial charge in [0, 0.05) is 37.7 Å². The number of pyridine rings is 1. The van der Waals surface area contributed by atoms with Crippen LogP contribution in [0.3, 0.4) is 0 Å². The second kappa shape index (κ2) is 16.6. The standard InChI is InChI=1S/C22H37N7O/c23-20-27-22(28-21-8-13-25-14-9-21)26-12-6-4-2-1-3-5-10-24-11-7-15-29-16-18-30-19-17-29/h8-9,13-14,24H,1-7,10-12,15-19H2,(H2,25,26,27,28). The van der Waals surface area contributed by atoms with E-state index >= 15 is 0 Å². The molecule has 0 aliphatic carbocycles. The highest BCUT2D eigenvalue weighted by atomic mass is 16.5. The third-order valence-corrected chi connectivity index (χ3v) is 5.11. The summed E-state index contributed by atoms with van der Waals surface area (Å²) in [5.41, 5.74) is 0.862. The lowest BCUT2D eigenvalue weighted by Crippen LogP contribution is -2.37. The van der Waals surface area contributed by atoms with Gasteiger partial charge >= 0.3 is 0 Å². The van der Waals surface area contributed by atoms with Crippen LogP contribution in [0.15, 0.2) is 29.5 Å². The Morgan fingerprint density at radius 2 is 1.67 bits per heavy atom. The second-order valence-corrected chi connectivity index (χ2v) is 7.53. The van der Waals surface area contributed by atoms with Crippen LogP contribution in [0.5, 0.6) is 0 Å². The van der Waals surface area contributed by atoms with E-state index < -0.39 is 0 Å². The number of nitrogens with zero attached hydrogens (tertiary/aromatic N) is 4. The number of anilines is 1. The molecule has 1 saturated heterocycles. The lowest BCUT2D eigenvalue weighted by Gasteiger charge is -2.26. The van der Waals surface area contributed by atoms with Gasteiger partial charge in [0.15, 0.2) is 0 Å². The molecule has 0 spiro atoms. The minimum absolute atomic E-state index is 0.489. The van der Waals surface area contributed by atoms with E-state index in [1.54, 1.807) is 12.4 Å². The normalized spacial score (nSPS) is 15.0. The first-order valence-corrected chi connectivity index (χ1v) is 11.3. The summed E-state index contributed by atoms with van der Waals surface area (Å²) in [4.78, 5) is 10.3. The van der Waals surface area contributed by atoms with E-state index in [2.05, 4.69) is 30.8 Å². The van der Waals surface area contributed by atoms with Gasteiger partial charge in [-0.15, -0.1) is 4.99 Å². The van der Waals surface area contributed by atoms with Crippen LogP contribution in [0.25, 0.3) is 0 Å². The largest absolute Gasteiger partial charge is 0.379 e. The van der Waals surface area contributed by atoms with Crippen molar-refractivity contribution in [2.45, 2.75) is 44.9 Å². The Kier molecular flexibility index (Phi) is 13.3. The van der Waals surface area contributed by atoms with Gasteiger partial charge in [-0.2, -0.15) is 5.26 Å². The van der Waals surface area contributed by atoms with Gasteiger partial charge in [-0.3, -0.25) is 9.88 Å². The van der Waals surface area contributed by atoms with Crippen molar-refractivity contribution in [1.82, 2.24) is 20.5 Å². The maximum Gasteiger partial charge on any atom is 0.211 e. The van der Waals surface area contributed by atoms with Crippen molar-refractivity contribution >= 4 is 11.6 Å². The number of nitrogens with one attached hydrogen (secondary N) is 3. The molecule has 1 aliphatic rings. The summed E-state index contributed by atoms with van der Waals surface area (Å²) in [7, 11) is 0. The summed E-state index contributed by atoms with van der Waals surface area (Å²) < 4.78 is 5.37. The molecule has 0 atom stereocenters. The Hall–Kier alpha value is -2.21. The van der Waals surface area contributed by atoms with E-state index in [4.69, 9.17) is 10.00 Å². The van der Waals surface area contributed by atoms with Gasteiger partial charge in [0.25, 0.3) is 0 Å². The molecule has 0 saturated carbocycles. The smallest absolute Gasteiger partial charge is 0.211 e. The minimum Gasteiger partial charge on any atom is -0.379 e. The van der Waals surface area contributed by atoms with E-state index in [1.807, 2.05) is 18.3 Å². The van der Waals surface area contributed by atoms with Crippen molar-refractivity contribution in [3.63, 3.8) is 0 Å². The van der Waals surface area contributed by atoms with E-state index in [1.165, 1.54) is 45.1 Å². The number of ether oxygens (including phenoxy) is 1. The lowest BCUT2D eigenvalue weighted by molar-refractivity contribution is 0.0374. The molecule has 0 bridgehead atoms. The molecule has 166 valence electrons. The molecule has 1 fully saturated rings. The van der Waals surface area contributed by atoms with Crippen molar-refractivity contribution in [1.29, 1.82) is 5.26 Å². The third kappa shape index (κ3) is 11.7. The molecule has 8 nitrogen and oxygen atoms in total. The van der Waals surface area contributed by atoms with Crippen LogP contribution in [0, 0.1) is 11.5 Å². The molecule has 1 aliphatic heterocycles.